The molecule has 1 aliphatic heterocycles. The van der Waals surface area contributed by atoms with Crippen molar-refractivity contribution in [2.24, 2.45) is 11.0 Å². The van der Waals surface area contributed by atoms with Crippen molar-refractivity contribution in [2.75, 3.05) is 4.31 Å². The van der Waals surface area contributed by atoms with E-state index in [-0.39, 0.29) is 16.7 Å². The molecule has 1 N–H and O–H groups in total. The summed E-state index contributed by atoms with van der Waals surface area (Å²) in [6.45, 7) is 5.23. The van der Waals surface area contributed by atoms with Crippen molar-refractivity contribution in [3.63, 3.8) is 0 Å². The molecule has 0 radical (unpaired) electrons. The summed E-state index contributed by atoms with van der Waals surface area (Å²) in [6.07, 6.45) is -4.24. The minimum absolute atomic E-state index is 0.0864. The highest BCUT2D eigenvalue weighted by Crippen LogP contribution is 2.32. The molecule has 1 amide bonds. The molecule has 1 aliphatic rings. The van der Waals surface area contributed by atoms with Gasteiger partial charge in [-0.2, -0.15) is 18.3 Å². The lowest BCUT2D eigenvalue weighted by Crippen LogP contribution is -2.37. The van der Waals surface area contributed by atoms with E-state index in [1.165, 1.54) is 0 Å². The largest absolute Gasteiger partial charge is 0.416 e. The van der Waals surface area contributed by atoms with E-state index in [2.05, 4.69) is 10.5 Å². The molecule has 0 fully saturated rings. The van der Waals surface area contributed by atoms with E-state index in [1.54, 1.807) is 38.1 Å². The lowest BCUT2D eigenvalue weighted by Gasteiger charge is -2.29. The van der Waals surface area contributed by atoms with Gasteiger partial charge in [0.2, 0.25) is 5.91 Å². The number of carbonyl (C=O) groups excluding carboxylic acids is 1. The van der Waals surface area contributed by atoms with Gasteiger partial charge in [-0.15, -0.1) is 0 Å². The number of amides is 1. The van der Waals surface area contributed by atoms with Crippen LogP contribution in [0.25, 0.3) is 0 Å². The Hall–Kier alpha value is -2.88. The number of hydrogen-bond acceptors (Lipinski definition) is 4. The van der Waals surface area contributed by atoms with Crippen molar-refractivity contribution in [3.05, 3.63) is 59.7 Å². The van der Waals surface area contributed by atoms with Crippen LogP contribution in [-0.2, 0) is 21.0 Å². The first-order valence-corrected chi connectivity index (χ1v) is 11.0. The van der Waals surface area contributed by atoms with Crippen LogP contribution in [0.2, 0.25) is 0 Å². The van der Waals surface area contributed by atoms with Gasteiger partial charge in [-0.1, -0.05) is 19.1 Å². The topological polar surface area (TPSA) is 78.8 Å². The average Bonchev–Trinajstić information content (AvgIpc) is 2.68. The Labute approximate surface area is 178 Å². The van der Waals surface area contributed by atoms with Gasteiger partial charge in [0.25, 0.3) is 10.0 Å². The second-order valence-corrected chi connectivity index (χ2v) is 9.42. The number of anilines is 1. The number of carbonyl (C=O) groups is 1. The van der Waals surface area contributed by atoms with Crippen LogP contribution in [0, 0.1) is 5.92 Å². The number of nitrogens with one attached hydrogen (secondary N) is 1. The van der Waals surface area contributed by atoms with E-state index in [1.807, 2.05) is 6.92 Å². The lowest BCUT2D eigenvalue weighted by atomic mass is 9.94. The molecule has 1 atom stereocenters. The van der Waals surface area contributed by atoms with Crippen LogP contribution in [0.3, 0.4) is 0 Å². The van der Waals surface area contributed by atoms with Crippen molar-refractivity contribution in [2.45, 2.75) is 44.3 Å². The minimum Gasteiger partial charge on any atom is -0.273 e. The summed E-state index contributed by atoms with van der Waals surface area (Å²) in [4.78, 5) is 11.2. The molecule has 0 aromatic heterocycles. The predicted molar refractivity (Wildman–Crippen MR) is 111 cm³/mol. The maximum atomic E-state index is 13.2. The molecule has 0 aliphatic carbocycles. The van der Waals surface area contributed by atoms with E-state index < -0.39 is 27.8 Å². The summed E-state index contributed by atoms with van der Waals surface area (Å²) in [7, 11) is -4.09. The van der Waals surface area contributed by atoms with Gasteiger partial charge < -0.3 is 0 Å². The molecule has 1 heterocycles. The van der Waals surface area contributed by atoms with Crippen LogP contribution < -0.4 is 9.73 Å². The van der Waals surface area contributed by atoms with Crippen molar-refractivity contribution in [1.82, 2.24) is 5.43 Å². The second kappa shape index (κ2) is 8.33. The fourth-order valence-electron chi connectivity index (χ4n) is 3.43. The Morgan fingerprint density at radius 3 is 2.13 bits per heavy atom. The van der Waals surface area contributed by atoms with Crippen LogP contribution in [-0.4, -0.2) is 26.1 Å². The molecule has 0 saturated heterocycles. The average molecular weight is 453 g/mol. The molecule has 10 heteroatoms. The summed E-state index contributed by atoms with van der Waals surface area (Å²) in [5.74, 6) is -0.252. The molecule has 6 nitrogen and oxygen atoms in total. The quantitative estimate of drug-likeness (QED) is 0.738. The Balaban J connectivity index is 1.94. The van der Waals surface area contributed by atoms with E-state index in [4.69, 9.17) is 0 Å². The van der Waals surface area contributed by atoms with Gasteiger partial charge in [-0.3, -0.25) is 9.10 Å². The zero-order chi connectivity index (χ0) is 23.0. The molecular formula is C21H22F3N3O3S. The molecule has 2 aromatic rings. The van der Waals surface area contributed by atoms with Crippen LogP contribution >= 0.6 is 0 Å². The van der Waals surface area contributed by atoms with Gasteiger partial charge in [0.15, 0.2) is 0 Å². The lowest BCUT2D eigenvalue weighted by molar-refractivity contribution is -0.137. The van der Waals surface area contributed by atoms with Crippen LogP contribution in [0.15, 0.2) is 58.5 Å². The molecule has 0 bridgehead atoms. The Morgan fingerprint density at radius 1 is 1.06 bits per heavy atom. The zero-order valence-corrected chi connectivity index (χ0v) is 18.0. The SMILES string of the molecule is CC1CC(=O)NN=C1c1ccc(N(C(C)C)S(=O)(=O)c2ccc(C(F)(F)F)cc2)cc1. The zero-order valence-electron chi connectivity index (χ0n) is 17.1. The number of sulfonamides is 1. The number of alkyl halides is 3. The first-order chi connectivity index (χ1) is 14.4. The minimum atomic E-state index is -4.55. The van der Waals surface area contributed by atoms with Gasteiger partial charge >= 0.3 is 6.18 Å². The van der Waals surface area contributed by atoms with E-state index >= 15 is 0 Å². The Morgan fingerprint density at radius 2 is 1.65 bits per heavy atom. The van der Waals surface area contributed by atoms with Crippen LogP contribution in [0.1, 0.15) is 38.3 Å². The van der Waals surface area contributed by atoms with Gasteiger partial charge in [0.1, 0.15) is 0 Å². The highest BCUT2D eigenvalue weighted by molar-refractivity contribution is 7.92. The Kier molecular flexibility index (Phi) is 6.13. The number of hydrogen-bond donors (Lipinski definition) is 1. The number of halogens is 3. The van der Waals surface area contributed by atoms with Gasteiger partial charge in [0.05, 0.1) is 21.9 Å². The number of nitrogens with zero attached hydrogens (tertiary/aromatic N) is 2. The first kappa shape index (κ1) is 22.8. The van der Waals surface area contributed by atoms with Crippen molar-refractivity contribution in [1.29, 1.82) is 0 Å². The molecule has 3 rings (SSSR count). The summed E-state index contributed by atoms with van der Waals surface area (Å²) < 4.78 is 66.0. The maximum Gasteiger partial charge on any atom is 0.416 e. The normalized spacial score (nSPS) is 17.3. The van der Waals surface area contributed by atoms with Crippen molar-refractivity contribution in [3.8, 4) is 0 Å². The second-order valence-electron chi connectivity index (χ2n) is 7.60. The van der Waals surface area contributed by atoms with Gasteiger partial charge in [-0.05, 0) is 55.8 Å². The standard InChI is InChI=1S/C21H22F3N3O3S/c1-13(2)27(31(29,30)18-10-6-16(7-11-18)21(22,23)24)17-8-4-15(5-9-17)20-14(3)12-19(28)25-26-20/h4-11,13-14H,12H2,1-3H3,(H,25,28). The first-order valence-electron chi connectivity index (χ1n) is 9.60. The number of rotatable bonds is 5. The summed E-state index contributed by atoms with van der Waals surface area (Å²) in [5, 5.41) is 4.09. The fourth-order valence-corrected chi connectivity index (χ4v) is 5.09. The molecule has 31 heavy (non-hydrogen) atoms. The van der Waals surface area contributed by atoms with Crippen molar-refractivity contribution < 1.29 is 26.4 Å². The smallest absolute Gasteiger partial charge is 0.273 e. The molecule has 0 spiro atoms. The highest BCUT2D eigenvalue weighted by Gasteiger charge is 2.32. The third-order valence-electron chi connectivity index (χ3n) is 4.88. The van der Waals surface area contributed by atoms with Gasteiger partial charge in [0, 0.05) is 18.4 Å². The molecule has 0 saturated carbocycles. The molecule has 1 unspecified atom stereocenters. The molecule has 2 aromatic carbocycles. The molecule has 166 valence electrons. The van der Waals surface area contributed by atoms with E-state index in [9.17, 15) is 26.4 Å². The summed E-state index contributed by atoms with van der Waals surface area (Å²) >= 11 is 0. The predicted octanol–water partition coefficient (Wildman–Crippen LogP) is 4.17. The number of benzene rings is 2. The Bertz CT molecular complexity index is 1090. The maximum absolute atomic E-state index is 13.2. The molecular weight excluding hydrogens is 431 g/mol. The fraction of sp³-hybridized carbons (Fsp3) is 0.333. The number of hydrazone groups is 1. The van der Waals surface area contributed by atoms with Crippen molar-refractivity contribution >= 4 is 27.3 Å². The van der Waals surface area contributed by atoms with Crippen LogP contribution in [0.5, 0.6) is 0 Å². The summed E-state index contributed by atoms with van der Waals surface area (Å²) in [6, 6.07) is 9.59. The van der Waals surface area contributed by atoms with E-state index in [0.717, 1.165) is 34.1 Å². The van der Waals surface area contributed by atoms with Gasteiger partial charge in [-0.25, -0.2) is 13.8 Å². The third kappa shape index (κ3) is 4.73. The summed E-state index contributed by atoms with van der Waals surface area (Å²) in [5.41, 5.74) is 3.32. The monoisotopic (exact) mass is 453 g/mol. The highest BCUT2D eigenvalue weighted by atomic mass is 32.2. The third-order valence-corrected chi connectivity index (χ3v) is 6.90. The van der Waals surface area contributed by atoms with Crippen LogP contribution in [0.4, 0.5) is 18.9 Å². The van der Waals surface area contributed by atoms with E-state index in [0.29, 0.717) is 17.8 Å².